The molecule has 0 unspecified atom stereocenters. The molecule has 6 nitrogen and oxygen atoms in total. The summed E-state index contributed by atoms with van der Waals surface area (Å²) in [5, 5.41) is 5.65. The second-order valence-corrected chi connectivity index (χ2v) is 7.03. The van der Waals surface area contributed by atoms with E-state index >= 15 is 0 Å². The number of anilines is 2. The first-order valence-electron chi connectivity index (χ1n) is 8.03. The number of rotatable bonds is 4. The van der Waals surface area contributed by atoms with Crippen molar-refractivity contribution in [2.45, 2.75) is 26.3 Å². The normalized spacial score (nSPS) is 10.9. The van der Waals surface area contributed by atoms with Crippen LogP contribution in [0.2, 0.25) is 0 Å². The lowest BCUT2D eigenvalue weighted by Gasteiger charge is -2.20. The van der Waals surface area contributed by atoms with Crippen LogP contribution >= 0.6 is 0 Å². The summed E-state index contributed by atoms with van der Waals surface area (Å²) in [6.45, 7) is 5.70. The molecule has 2 aromatic rings. The number of hydrogen-bond acceptors (Lipinski definition) is 4. The Hall–Kier alpha value is -2.89. The van der Waals surface area contributed by atoms with Crippen molar-refractivity contribution < 1.29 is 9.59 Å². The Morgan fingerprint density at radius 3 is 2.20 bits per heavy atom. The number of carbonyl (C=O) groups is 2. The van der Waals surface area contributed by atoms with E-state index in [1.807, 2.05) is 64.0 Å². The first-order valence-corrected chi connectivity index (χ1v) is 8.03. The van der Waals surface area contributed by atoms with Crippen LogP contribution in [0.25, 0.3) is 0 Å². The molecule has 0 fully saturated rings. The lowest BCUT2D eigenvalue weighted by molar-refractivity contribution is 0.0919. The maximum Gasteiger partial charge on any atom is 0.274 e. The maximum atomic E-state index is 12.4. The average molecular weight is 340 g/mol. The minimum absolute atomic E-state index is 0.193. The minimum atomic E-state index is -0.358. The second-order valence-electron chi connectivity index (χ2n) is 7.03. The molecule has 0 saturated carbocycles. The van der Waals surface area contributed by atoms with Gasteiger partial charge in [-0.3, -0.25) is 14.6 Å². The van der Waals surface area contributed by atoms with Crippen molar-refractivity contribution in [2.75, 3.05) is 24.3 Å². The van der Waals surface area contributed by atoms with E-state index in [2.05, 4.69) is 15.6 Å². The molecule has 0 aliphatic heterocycles. The number of carbonyl (C=O) groups excluding carboxylic acids is 2. The van der Waals surface area contributed by atoms with Gasteiger partial charge in [0.15, 0.2) is 0 Å². The number of aromatic nitrogens is 1. The molecule has 2 N–H and O–H groups in total. The van der Waals surface area contributed by atoms with Gasteiger partial charge in [0.05, 0.1) is 0 Å². The van der Waals surface area contributed by atoms with Crippen molar-refractivity contribution in [3.63, 3.8) is 0 Å². The lowest BCUT2D eigenvalue weighted by atomic mass is 10.1. The Bertz CT molecular complexity index is 762. The highest BCUT2D eigenvalue weighted by Gasteiger charge is 2.17. The summed E-state index contributed by atoms with van der Waals surface area (Å²) in [7, 11) is 3.90. The molecule has 2 rings (SSSR count). The van der Waals surface area contributed by atoms with Crippen LogP contribution in [-0.2, 0) is 0 Å². The third kappa shape index (κ3) is 5.31. The summed E-state index contributed by atoms with van der Waals surface area (Å²) in [6, 6.07) is 10.5. The van der Waals surface area contributed by atoms with Gasteiger partial charge in [0, 0.05) is 42.8 Å². The second kappa shape index (κ2) is 7.34. The molecule has 25 heavy (non-hydrogen) atoms. The fourth-order valence-corrected chi connectivity index (χ4v) is 2.15. The molecule has 0 radical (unpaired) electrons. The van der Waals surface area contributed by atoms with Gasteiger partial charge >= 0.3 is 0 Å². The van der Waals surface area contributed by atoms with Crippen molar-refractivity contribution >= 4 is 23.2 Å². The highest BCUT2D eigenvalue weighted by molar-refractivity contribution is 6.04. The summed E-state index contributed by atoms with van der Waals surface area (Å²) < 4.78 is 0. The van der Waals surface area contributed by atoms with Gasteiger partial charge in [0.25, 0.3) is 11.8 Å². The van der Waals surface area contributed by atoms with E-state index in [1.165, 1.54) is 12.3 Å². The predicted octanol–water partition coefficient (Wildman–Crippen LogP) is 2.93. The molecule has 0 saturated heterocycles. The first-order chi connectivity index (χ1) is 11.7. The van der Waals surface area contributed by atoms with Crippen LogP contribution in [0.15, 0.2) is 42.6 Å². The van der Waals surface area contributed by atoms with E-state index in [1.54, 1.807) is 6.07 Å². The van der Waals surface area contributed by atoms with Crippen LogP contribution in [0.1, 0.15) is 41.6 Å². The van der Waals surface area contributed by atoms with Gasteiger partial charge in [-0.25, -0.2) is 0 Å². The molecular formula is C19H24N4O2. The standard InChI is InChI=1S/C19H24N4O2/c1-19(2,3)22-17(24)13-10-11-20-16(12-13)18(25)21-14-6-8-15(9-7-14)23(4)5/h6-12H,1-5H3,(H,21,25)(H,22,24). The first kappa shape index (κ1) is 18.4. The lowest BCUT2D eigenvalue weighted by Crippen LogP contribution is -2.40. The number of hydrogen-bond donors (Lipinski definition) is 2. The SMILES string of the molecule is CN(C)c1ccc(NC(=O)c2cc(C(=O)NC(C)(C)C)ccn2)cc1. The molecule has 1 heterocycles. The van der Waals surface area contributed by atoms with Crippen molar-refractivity contribution in [1.29, 1.82) is 0 Å². The summed E-state index contributed by atoms with van der Waals surface area (Å²) in [4.78, 5) is 30.6. The van der Waals surface area contributed by atoms with Crippen LogP contribution < -0.4 is 15.5 Å². The van der Waals surface area contributed by atoms with E-state index in [0.29, 0.717) is 11.3 Å². The molecule has 1 aromatic carbocycles. The molecule has 132 valence electrons. The van der Waals surface area contributed by atoms with Crippen LogP contribution in [0.3, 0.4) is 0 Å². The summed E-state index contributed by atoms with van der Waals surface area (Å²) in [5.74, 6) is -0.595. The van der Waals surface area contributed by atoms with Gasteiger partial charge in [-0.15, -0.1) is 0 Å². The van der Waals surface area contributed by atoms with Gasteiger partial charge in [-0.2, -0.15) is 0 Å². The van der Waals surface area contributed by atoms with E-state index in [-0.39, 0.29) is 23.0 Å². The molecule has 2 amide bonds. The Balaban J connectivity index is 2.11. The zero-order valence-electron chi connectivity index (χ0n) is 15.3. The number of nitrogens with one attached hydrogen (secondary N) is 2. The van der Waals surface area contributed by atoms with Gasteiger partial charge in [-0.1, -0.05) is 0 Å². The summed E-state index contributed by atoms with van der Waals surface area (Å²) in [5.41, 5.74) is 1.95. The highest BCUT2D eigenvalue weighted by atomic mass is 16.2. The monoisotopic (exact) mass is 340 g/mol. The van der Waals surface area contributed by atoms with Crippen molar-refractivity contribution in [2.24, 2.45) is 0 Å². The Labute approximate surface area is 148 Å². The third-order valence-electron chi connectivity index (χ3n) is 3.38. The number of pyridine rings is 1. The summed E-state index contributed by atoms with van der Waals surface area (Å²) in [6.07, 6.45) is 1.46. The van der Waals surface area contributed by atoms with Crippen molar-refractivity contribution in [3.05, 3.63) is 53.9 Å². The topological polar surface area (TPSA) is 74.3 Å². The maximum absolute atomic E-state index is 12.4. The zero-order chi connectivity index (χ0) is 18.6. The molecule has 0 aliphatic rings. The van der Waals surface area contributed by atoms with E-state index in [4.69, 9.17) is 0 Å². The van der Waals surface area contributed by atoms with Crippen molar-refractivity contribution in [3.8, 4) is 0 Å². The molecule has 6 heteroatoms. The van der Waals surface area contributed by atoms with Crippen LogP contribution in [0.5, 0.6) is 0 Å². The highest BCUT2D eigenvalue weighted by Crippen LogP contribution is 2.16. The Morgan fingerprint density at radius 2 is 1.64 bits per heavy atom. The fourth-order valence-electron chi connectivity index (χ4n) is 2.15. The Kier molecular flexibility index (Phi) is 5.41. The predicted molar refractivity (Wildman–Crippen MR) is 100 cm³/mol. The number of amides is 2. The Morgan fingerprint density at radius 1 is 1.00 bits per heavy atom. The van der Waals surface area contributed by atoms with Gasteiger partial charge < -0.3 is 15.5 Å². The summed E-state index contributed by atoms with van der Waals surface area (Å²) >= 11 is 0. The van der Waals surface area contributed by atoms with E-state index < -0.39 is 0 Å². The van der Waals surface area contributed by atoms with E-state index in [0.717, 1.165) is 5.69 Å². The smallest absolute Gasteiger partial charge is 0.274 e. The molecule has 1 aromatic heterocycles. The van der Waals surface area contributed by atoms with E-state index in [9.17, 15) is 9.59 Å². The molecule has 0 atom stereocenters. The van der Waals surface area contributed by atoms with Gasteiger partial charge in [-0.05, 0) is 57.2 Å². The molecular weight excluding hydrogens is 316 g/mol. The molecule has 0 bridgehead atoms. The average Bonchev–Trinajstić information content (AvgIpc) is 2.54. The van der Waals surface area contributed by atoms with Crippen molar-refractivity contribution in [1.82, 2.24) is 10.3 Å². The molecule has 0 aliphatic carbocycles. The quantitative estimate of drug-likeness (QED) is 0.897. The molecule has 0 spiro atoms. The third-order valence-corrected chi connectivity index (χ3v) is 3.38. The van der Waals surface area contributed by atoms with Gasteiger partial charge in [0.1, 0.15) is 5.69 Å². The van der Waals surface area contributed by atoms with Crippen LogP contribution in [-0.4, -0.2) is 36.4 Å². The number of nitrogens with zero attached hydrogens (tertiary/aromatic N) is 2. The zero-order valence-corrected chi connectivity index (χ0v) is 15.3. The largest absolute Gasteiger partial charge is 0.378 e. The minimum Gasteiger partial charge on any atom is -0.378 e. The van der Waals surface area contributed by atoms with Crippen LogP contribution in [0.4, 0.5) is 11.4 Å². The number of benzene rings is 1. The van der Waals surface area contributed by atoms with Gasteiger partial charge in [0.2, 0.25) is 0 Å². The fraction of sp³-hybridized carbons (Fsp3) is 0.316. The van der Waals surface area contributed by atoms with Crippen LogP contribution in [0, 0.1) is 0 Å².